The van der Waals surface area contributed by atoms with Gasteiger partial charge in [0, 0.05) is 18.4 Å². The van der Waals surface area contributed by atoms with E-state index in [1.54, 1.807) is 10.8 Å². The van der Waals surface area contributed by atoms with Gasteiger partial charge in [-0.2, -0.15) is 0 Å². The van der Waals surface area contributed by atoms with Crippen LogP contribution in [0.15, 0.2) is 17.2 Å². The Morgan fingerprint density at radius 1 is 1.60 bits per heavy atom. The second-order valence-electron chi connectivity index (χ2n) is 2.76. The highest BCUT2D eigenvalue weighted by Crippen LogP contribution is 2.29. The van der Waals surface area contributed by atoms with Gasteiger partial charge < -0.3 is 4.98 Å². The number of imidazole rings is 1. The van der Waals surface area contributed by atoms with Gasteiger partial charge in [-0.05, 0) is 19.3 Å². The summed E-state index contributed by atoms with van der Waals surface area (Å²) in [5, 5.41) is 0. The van der Waals surface area contributed by atoms with Crippen LogP contribution in [0.4, 0.5) is 0 Å². The maximum Gasteiger partial charge on any atom is 0.325 e. The molecule has 0 aromatic carbocycles. The highest BCUT2D eigenvalue weighted by Gasteiger charge is 2.19. The Labute approximate surface area is 58.7 Å². The summed E-state index contributed by atoms with van der Waals surface area (Å²) in [5.74, 6) is 0. The van der Waals surface area contributed by atoms with E-state index in [4.69, 9.17) is 0 Å². The lowest BCUT2D eigenvalue weighted by atomic mass is 9.93. The second kappa shape index (κ2) is 2.01. The van der Waals surface area contributed by atoms with Crippen LogP contribution in [0.2, 0.25) is 0 Å². The molecule has 0 radical (unpaired) electrons. The fraction of sp³-hybridized carbons (Fsp3) is 0.571. The van der Waals surface area contributed by atoms with E-state index in [9.17, 15) is 4.79 Å². The van der Waals surface area contributed by atoms with E-state index in [1.165, 1.54) is 6.42 Å². The molecule has 1 saturated carbocycles. The van der Waals surface area contributed by atoms with Crippen LogP contribution in [0.3, 0.4) is 0 Å². The number of aromatic amines is 1. The van der Waals surface area contributed by atoms with Gasteiger partial charge in [0.2, 0.25) is 0 Å². The molecule has 2 rings (SSSR count). The number of rotatable bonds is 1. The number of hydrogen-bond acceptors (Lipinski definition) is 1. The van der Waals surface area contributed by atoms with E-state index in [0.717, 1.165) is 12.8 Å². The first-order chi connectivity index (χ1) is 4.88. The Morgan fingerprint density at radius 3 is 2.80 bits per heavy atom. The molecule has 1 aliphatic rings. The fourth-order valence-electron chi connectivity index (χ4n) is 1.28. The molecule has 0 atom stereocenters. The minimum Gasteiger partial charge on any atom is -0.313 e. The average molecular weight is 138 g/mol. The third-order valence-electron chi connectivity index (χ3n) is 2.14. The van der Waals surface area contributed by atoms with Crippen molar-refractivity contribution in [1.29, 1.82) is 0 Å². The topological polar surface area (TPSA) is 37.8 Å². The first-order valence-corrected chi connectivity index (χ1v) is 3.63. The first-order valence-electron chi connectivity index (χ1n) is 3.63. The summed E-state index contributed by atoms with van der Waals surface area (Å²) >= 11 is 0. The van der Waals surface area contributed by atoms with Crippen molar-refractivity contribution in [2.24, 2.45) is 0 Å². The standard InChI is InChI=1S/C7H10N2O/c10-7-8-4-5-9(7)6-2-1-3-6/h4-6H,1-3H2,(H,8,10). The second-order valence-corrected chi connectivity index (χ2v) is 2.76. The first kappa shape index (κ1) is 5.77. The van der Waals surface area contributed by atoms with Gasteiger partial charge in [0.1, 0.15) is 0 Å². The largest absolute Gasteiger partial charge is 0.325 e. The Morgan fingerprint density at radius 2 is 2.40 bits per heavy atom. The number of aromatic nitrogens is 2. The molecule has 0 unspecified atom stereocenters. The van der Waals surface area contributed by atoms with E-state index in [-0.39, 0.29) is 5.69 Å². The molecule has 1 heterocycles. The van der Waals surface area contributed by atoms with Crippen LogP contribution in [0, 0.1) is 0 Å². The van der Waals surface area contributed by atoms with Crippen LogP contribution in [-0.4, -0.2) is 9.55 Å². The maximum absolute atomic E-state index is 11.0. The zero-order chi connectivity index (χ0) is 6.97. The van der Waals surface area contributed by atoms with Crippen LogP contribution in [0.5, 0.6) is 0 Å². The minimum absolute atomic E-state index is 0.0321. The molecule has 1 aliphatic carbocycles. The van der Waals surface area contributed by atoms with Crippen molar-refractivity contribution in [1.82, 2.24) is 9.55 Å². The van der Waals surface area contributed by atoms with Gasteiger partial charge in [0.25, 0.3) is 0 Å². The average Bonchev–Trinajstić information content (AvgIpc) is 2.12. The van der Waals surface area contributed by atoms with Gasteiger partial charge in [0.05, 0.1) is 0 Å². The Bertz CT molecular complexity index is 269. The van der Waals surface area contributed by atoms with E-state index < -0.39 is 0 Å². The fourth-order valence-corrected chi connectivity index (χ4v) is 1.28. The van der Waals surface area contributed by atoms with Crippen molar-refractivity contribution in [3.8, 4) is 0 Å². The van der Waals surface area contributed by atoms with Crippen molar-refractivity contribution in [2.75, 3.05) is 0 Å². The monoisotopic (exact) mass is 138 g/mol. The molecule has 1 fully saturated rings. The summed E-state index contributed by atoms with van der Waals surface area (Å²) in [5.41, 5.74) is 0.0321. The number of nitrogens with zero attached hydrogens (tertiary/aromatic N) is 1. The molecule has 0 aliphatic heterocycles. The van der Waals surface area contributed by atoms with E-state index >= 15 is 0 Å². The summed E-state index contributed by atoms with van der Waals surface area (Å²) in [4.78, 5) is 13.6. The van der Waals surface area contributed by atoms with Crippen LogP contribution in [0.25, 0.3) is 0 Å². The SMILES string of the molecule is O=c1[nH]ccn1C1CCC1. The predicted octanol–water partition coefficient (Wildman–Crippen LogP) is 0.901. The van der Waals surface area contributed by atoms with E-state index in [1.807, 2.05) is 6.20 Å². The highest BCUT2D eigenvalue weighted by atomic mass is 16.1. The van der Waals surface area contributed by atoms with E-state index in [0.29, 0.717) is 6.04 Å². The lowest BCUT2D eigenvalue weighted by molar-refractivity contribution is 0.307. The predicted molar refractivity (Wildman–Crippen MR) is 37.9 cm³/mol. The van der Waals surface area contributed by atoms with Crippen molar-refractivity contribution in [3.63, 3.8) is 0 Å². The smallest absolute Gasteiger partial charge is 0.313 e. The summed E-state index contributed by atoms with van der Waals surface area (Å²) < 4.78 is 1.78. The molecule has 0 amide bonds. The Kier molecular flexibility index (Phi) is 1.16. The van der Waals surface area contributed by atoms with Gasteiger partial charge in [-0.15, -0.1) is 0 Å². The zero-order valence-corrected chi connectivity index (χ0v) is 5.71. The van der Waals surface area contributed by atoms with Crippen molar-refractivity contribution in [2.45, 2.75) is 25.3 Å². The third-order valence-corrected chi connectivity index (χ3v) is 2.14. The molecule has 54 valence electrons. The summed E-state index contributed by atoms with van der Waals surface area (Å²) in [6.45, 7) is 0. The summed E-state index contributed by atoms with van der Waals surface area (Å²) in [7, 11) is 0. The summed E-state index contributed by atoms with van der Waals surface area (Å²) in [6.07, 6.45) is 7.12. The van der Waals surface area contributed by atoms with Crippen LogP contribution in [0.1, 0.15) is 25.3 Å². The van der Waals surface area contributed by atoms with Crippen LogP contribution in [-0.2, 0) is 0 Å². The van der Waals surface area contributed by atoms with Gasteiger partial charge >= 0.3 is 5.69 Å². The van der Waals surface area contributed by atoms with Crippen molar-refractivity contribution < 1.29 is 0 Å². The number of nitrogens with one attached hydrogen (secondary N) is 1. The third kappa shape index (κ3) is 0.701. The van der Waals surface area contributed by atoms with Gasteiger partial charge in [-0.3, -0.25) is 4.57 Å². The van der Waals surface area contributed by atoms with Crippen molar-refractivity contribution in [3.05, 3.63) is 22.9 Å². The van der Waals surface area contributed by atoms with Crippen LogP contribution >= 0.6 is 0 Å². The molecule has 1 aromatic rings. The lowest BCUT2D eigenvalue weighted by Crippen LogP contribution is -2.26. The van der Waals surface area contributed by atoms with Crippen LogP contribution < -0.4 is 5.69 Å². The highest BCUT2D eigenvalue weighted by molar-refractivity contribution is 4.85. The molecule has 3 nitrogen and oxygen atoms in total. The zero-order valence-electron chi connectivity index (χ0n) is 5.71. The van der Waals surface area contributed by atoms with Crippen molar-refractivity contribution >= 4 is 0 Å². The molecule has 1 aromatic heterocycles. The quantitative estimate of drug-likeness (QED) is 0.615. The molecule has 0 bridgehead atoms. The molecule has 3 heteroatoms. The number of hydrogen-bond donors (Lipinski definition) is 1. The van der Waals surface area contributed by atoms with Gasteiger partial charge in [-0.25, -0.2) is 4.79 Å². The molecular formula is C7H10N2O. The van der Waals surface area contributed by atoms with Gasteiger partial charge in [-0.1, -0.05) is 0 Å². The number of H-pyrrole nitrogens is 1. The summed E-state index contributed by atoms with van der Waals surface area (Å²) in [6, 6.07) is 0.485. The Balaban J connectivity index is 2.32. The molecule has 1 N–H and O–H groups in total. The molecular weight excluding hydrogens is 128 g/mol. The van der Waals surface area contributed by atoms with E-state index in [2.05, 4.69) is 4.98 Å². The maximum atomic E-state index is 11.0. The lowest BCUT2D eigenvalue weighted by Gasteiger charge is -2.25. The molecule has 0 saturated heterocycles. The minimum atomic E-state index is 0.0321. The molecule has 0 spiro atoms. The molecule has 10 heavy (non-hydrogen) atoms. The van der Waals surface area contributed by atoms with Gasteiger partial charge in [0.15, 0.2) is 0 Å². The normalized spacial score (nSPS) is 18.8. The Hall–Kier alpha value is -0.990.